The molecule has 3 heterocycles. The number of carbonyl (C=O) groups is 4. The molecule has 0 bridgehead atoms. The molecule has 3 amide bonds. The first kappa shape index (κ1) is 23.6. The van der Waals surface area contributed by atoms with Crippen molar-refractivity contribution in [3.05, 3.63) is 66.0 Å². The van der Waals surface area contributed by atoms with E-state index in [4.69, 9.17) is 4.74 Å². The zero-order valence-corrected chi connectivity index (χ0v) is 19.3. The predicted molar refractivity (Wildman–Crippen MR) is 123 cm³/mol. The first-order valence-electron chi connectivity index (χ1n) is 11.7. The van der Waals surface area contributed by atoms with Gasteiger partial charge in [0.05, 0.1) is 24.5 Å². The van der Waals surface area contributed by atoms with Crippen LogP contribution in [0.3, 0.4) is 0 Å². The second-order valence-corrected chi connectivity index (χ2v) is 8.88. The largest absolute Gasteiger partial charge is 0.466 e. The highest BCUT2D eigenvalue weighted by atomic mass is 16.5. The summed E-state index contributed by atoms with van der Waals surface area (Å²) in [6.07, 6.45) is 4.41. The number of aromatic nitrogens is 1. The summed E-state index contributed by atoms with van der Waals surface area (Å²) >= 11 is 0. The van der Waals surface area contributed by atoms with Crippen LogP contribution in [0.5, 0.6) is 0 Å². The smallest absolute Gasteiger partial charge is 0.310 e. The molecule has 2 atom stereocenters. The normalized spacial score (nSPS) is 22.7. The molecule has 2 aliphatic heterocycles. The first-order chi connectivity index (χ1) is 16.4. The summed E-state index contributed by atoms with van der Waals surface area (Å²) in [6, 6.07) is 12.6. The molecule has 1 aromatic carbocycles. The zero-order valence-electron chi connectivity index (χ0n) is 19.3. The Bertz CT molecular complexity index is 1060. The highest BCUT2D eigenvalue weighted by Gasteiger charge is 2.54. The molecule has 178 valence electrons. The molecular weight excluding hydrogens is 434 g/mol. The summed E-state index contributed by atoms with van der Waals surface area (Å²) in [5.41, 5.74) is 0.121. The Kier molecular flexibility index (Phi) is 7.05. The van der Waals surface area contributed by atoms with Crippen molar-refractivity contribution in [1.82, 2.24) is 14.8 Å². The molecule has 2 saturated heterocycles. The molecule has 0 N–H and O–H groups in total. The molecule has 8 heteroatoms. The lowest BCUT2D eigenvalue weighted by molar-refractivity contribution is -0.152. The van der Waals surface area contributed by atoms with Crippen molar-refractivity contribution in [2.24, 2.45) is 5.92 Å². The van der Waals surface area contributed by atoms with Gasteiger partial charge >= 0.3 is 5.97 Å². The van der Waals surface area contributed by atoms with E-state index in [0.29, 0.717) is 31.6 Å². The molecule has 0 radical (unpaired) electrons. The number of likely N-dealkylation sites (tertiary alicyclic amines) is 2. The maximum absolute atomic E-state index is 13.8. The van der Waals surface area contributed by atoms with Gasteiger partial charge in [0.2, 0.25) is 17.7 Å². The van der Waals surface area contributed by atoms with Crippen LogP contribution in [0.1, 0.15) is 43.7 Å². The maximum atomic E-state index is 13.8. The number of ether oxygens (including phenoxy) is 1. The van der Waals surface area contributed by atoms with Crippen LogP contribution in [0.15, 0.2) is 54.9 Å². The summed E-state index contributed by atoms with van der Waals surface area (Å²) in [7, 11) is 0. The molecular formula is C26H29N3O5. The Hall–Kier alpha value is -3.55. The van der Waals surface area contributed by atoms with Crippen LogP contribution in [-0.2, 0) is 35.9 Å². The first-order valence-corrected chi connectivity index (χ1v) is 11.7. The van der Waals surface area contributed by atoms with Gasteiger partial charge in [0, 0.05) is 38.3 Å². The quantitative estimate of drug-likeness (QED) is 0.462. The summed E-state index contributed by atoms with van der Waals surface area (Å²) < 4.78 is 5.15. The topological polar surface area (TPSA) is 96.9 Å². The minimum absolute atomic E-state index is 0.0724. The number of amides is 3. The number of benzene rings is 1. The van der Waals surface area contributed by atoms with E-state index in [1.54, 1.807) is 54.5 Å². The minimum Gasteiger partial charge on any atom is -0.466 e. The second kappa shape index (κ2) is 10.2. The number of carbonyl (C=O) groups excluding carboxylic acids is 4. The molecule has 0 spiro atoms. The fourth-order valence-corrected chi connectivity index (χ4v) is 4.88. The van der Waals surface area contributed by atoms with Crippen LogP contribution in [0.2, 0.25) is 0 Å². The third-order valence-electron chi connectivity index (χ3n) is 6.65. The van der Waals surface area contributed by atoms with Gasteiger partial charge in [0.15, 0.2) is 0 Å². The maximum Gasteiger partial charge on any atom is 0.310 e. The van der Waals surface area contributed by atoms with Crippen molar-refractivity contribution in [3.63, 3.8) is 0 Å². The number of imide groups is 1. The van der Waals surface area contributed by atoms with E-state index in [0.717, 1.165) is 5.56 Å². The Labute approximate surface area is 198 Å². The lowest BCUT2D eigenvalue weighted by Gasteiger charge is -2.34. The van der Waals surface area contributed by atoms with E-state index in [9.17, 15) is 19.2 Å². The van der Waals surface area contributed by atoms with E-state index in [-0.39, 0.29) is 55.5 Å². The molecule has 2 aliphatic rings. The van der Waals surface area contributed by atoms with Crippen LogP contribution in [0.25, 0.3) is 0 Å². The molecule has 34 heavy (non-hydrogen) atoms. The average molecular weight is 464 g/mol. The van der Waals surface area contributed by atoms with Gasteiger partial charge in [-0.05, 0) is 37.0 Å². The number of nitrogens with zero attached hydrogens (tertiary/aromatic N) is 3. The van der Waals surface area contributed by atoms with Crippen LogP contribution in [0, 0.1) is 5.92 Å². The number of hydrogen-bond acceptors (Lipinski definition) is 6. The summed E-state index contributed by atoms with van der Waals surface area (Å²) in [4.78, 5) is 59.4. The van der Waals surface area contributed by atoms with E-state index in [1.807, 2.05) is 12.1 Å². The van der Waals surface area contributed by atoms with Gasteiger partial charge in [-0.25, -0.2) is 0 Å². The van der Waals surface area contributed by atoms with Gasteiger partial charge in [-0.3, -0.25) is 29.1 Å². The average Bonchev–Trinajstić information content (AvgIpc) is 3.10. The van der Waals surface area contributed by atoms with E-state index < -0.39 is 5.41 Å². The highest BCUT2D eigenvalue weighted by molar-refractivity contribution is 6.10. The SMILES string of the molecule is CCOC(=O)[C@H]1CCCN(C(=O)C[C@]2(c3ccccc3)CC(=O)N(Cc3cccnc3)C2=O)C1. The van der Waals surface area contributed by atoms with Crippen LogP contribution in [-0.4, -0.2) is 58.2 Å². The van der Waals surface area contributed by atoms with Crippen molar-refractivity contribution in [2.45, 2.75) is 44.6 Å². The highest BCUT2D eigenvalue weighted by Crippen LogP contribution is 2.41. The molecule has 8 nitrogen and oxygen atoms in total. The molecule has 2 fully saturated rings. The molecule has 0 aliphatic carbocycles. The lowest BCUT2D eigenvalue weighted by atomic mass is 9.75. The Balaban J connectivity index is 1.59. The fraction of sp³-hybridized carbons (Fsp3) is 0.423. The van der Waals surface area contributed by atoms with Crippen molar-refractivity contribution in [3.8, 4) is 0 Å². The van der Waals surface area contributed by atoms with Gasteiger partial charge < -0.3 is 9.64 Å². The standard InChI is InChI=1S/C26H29N3O5/c1-2-34-24(32)20-9-7-13-28(18-20)22(30)14-26(21-10-4-3-5-11-21)15-23(31)29(25(26)33)17-19-8-6-12-27-16-19/h3-6,8,10-12,16,20H,2,7,9,13-15,17-18H2,1H3/t20-,26+/m0/s1. The zero-order chi connectivity index (χ0) is 24.1. The van der Waals surface area contributed by atoms with Gasteiger partial charge in [0.1, 0.15) is 0 Å². The third-order valence-corrected chi connectivity index (χ3v) is 6.65. The van der Waals surface area contributed by atoms with Gasteiger partial charge in [0.25, 0.3) is 0 Å². The fourth-order valence-electron chi connectivity index (χ4n) is 4.88. The second-order valence-electron chi connectivity index (χ2n) is 8.88. The van der Waals surface area contributed by atoms with Crippen LogP contribution < -0.4 is 0 Å². The van der Waals surface area contributed by atoms with Crippen LogP contribution >= 0.6 is 0 Å². The Morgan fingerprint density at radius 2 is 1.94 bits per heavy atom. The van der Waals surface area contributed by atoms with E-state index in [2.05, 4.69) is 4.98 Å². The number of piperidine rings is 1. The molecule has 2 aromatic rings. The lowest BCUT2D eigenvalue weighted by Crippen LogP contribution is -2.47. The monoisotopic (exact) mass is 463 g/mol. The van der Waals surface area contributed by atoms with Crippen molar-refractivity contribution in [1.29, 1.82) is 0 Å². The van der Waals surface area contributed by atoms with Gasteiger partial charge in [-0.1, -0.05) is 36.4 Å². The predicted octanol–water partition coefficient (Wildman–Crippen LogP) is 2.47. The molecule has 0 unspecified atom stereocenters. The molecule has 1 aromatic heterocycles. The number of pyridine rings is 1. The van der Waals surface area contributed by atoms with Crippen molar-refractivity contribution in [2.75, 3.05) is 19.7 Å². The minimum atomic E-state index is -1.27. The summed E-state index contributed by atoms with van der Waals surface area (Å²) in [5, 5.41) is 0. The van der Waals surface area contributed by atoms with Crippen LogP contribution in [0.4, 0.5) is 0 Å². The van der Waals surface area contributed by atoms with E-state index in [1.165, 1.54) is 4.90 Å². The van der Waals surface area contributed by atoms with Gasteiger partial charge in [-0.2, -0.15) is 0 Å². The van der Waals surface area contributed by atoms with E-state index >= 15 is 0 Å². The number of hydrogen-bond donors (Lipinski definition) is 0. The summed E-state index contributed by atoms with van der Waals surface area (Å²) in [6.45, 7) is 2.95. The number of esters is 1. The Morgan fingerprint density at radius 1 is 1.15 bits per heavy atom. The molecule has 4 rings (SSSR count). The van der Waals surface area contributed by atoms with Crippen molar-refractivity contribution < 1.29 is 23.9 Å². The number of rotatable bonds is 7. The molecule has 0 saturated carbocycles. The Morgan fingerprint density at radius 3 is 2.65 bits per heavy atom. The van der Waals surface area contributed by atoms with Crippen molar-refractivity contribution >= 4 is 23.7 Å². The van der Waals surface area contributed by atoms with Gasteiger partial charge in [-0.15, -0.1) is 0 Å². The summed E-state index contributed by atoms with van der Waals surface area (Å²) in [5.74, 6) is -1.59. The third kappa shape index (κ3) is 4.71.